The molecule has 14 heavy (non-hydrogen) atoms. The van der Waals surface area contributed by atoms with E-state index in [1.54, 1.807) is 12.1 Å². The molecule has 0 amide bonds. The first-order chi connectivity index (χ1) is 6.84. The predicted octanol–water partition coefficient (Wildman–Crippen LogP) is 3.36. The number of benzene rings is 1. The Hall–Kier alpha value is -1.31. The number of allylic oxidation sites excluding steroid dienone is 1. The van der Waals surface area contributed by atoms with E-state index in [1.165, 1.54) is 6.07 Å². The molecule has 1 aromatic rings. The van der Waals surface area contributed by atoms with Crippen LogP contribution in [0.5, 0.6) is 5.75 Å². The van der Waals surface area contributed by atoms with Crippen LogP contribution in [-0.2, 0) is 0 Å². The molecule has 75 valence electrons. The minimum Gasteiger partial charge on any atom is -0.486 e. The Balaban J connectivity index is 2.35. The van der Waals surface area contributed by atoms with Crippen LogP contribution < -0.4 is 4.74 Å². The number of halogens is 1. The van der Waals surface area contributed by atoms with Crippen LogP contribution in [0.15, 0.2) is 30.4 Å². The third kappa shape index (κ3) is 3.60. The summed E-state index contributed by atoms with van der Waals surface area (Å²) in [5, 5.41) is 0. The van der Waals surface area contributed by atoms with Gasteiger partial charge in [0.1, 0.15) is 6.61 Å². The van der Waals surface area contributed by atoms with Crippen LogP contribution in [0.1, 0.15) is 19.8 Å². The molecule has 0 aromatic heterocycles. The van der Waals surface area contributed by atoms with Gasteiger partial charge in [-0.05, 0) is 12.5 Å². The van der Waals surface area contributed by atoms with Gasteiger partial charge < -0.3 is 4.74 Å². The van der Waals surface area contributed by atoms with E-state index in [-0.39, 0.29) is 5.75 Å². The van der Waals surface area contributed by atoms with Gasteiger partial charge in [0.2, 0.25) is 0 Å². The standard InChI is InChI=1S/C12H14FO/c1-2-3-4-7-10-14-12-9-6-5-8-11(12)13/h4-7,9H,2-3,10H2,1H3/b7-4+. The van der Waals surface area contributed by atoms with Gasteiger partial charge in [0.05, 0.1) is 0 Å². The Morgan fingerprint density at radius 1 is 1.50 bits per heavy atom. The molecule has 0 saturated heterocycles. The zero-order valence-electron chi connectivity index (χ0n) is 8.29. The highest BCUT2D eigenvalue weighted by Crippen LogP contribution is 2.14. The Morgan fingerprint density at radius 3 is 3.07 bits per heavy atom. The van der Waals surface area contributed by atoms with Gasteiger partial charge in [0.15, 0.2) is 11.6 Å². The molecule has 0 saturated carbocycles. The topological polar surface area (TPSA) is 9.23 Å². The molecule has 1 rings (SSSR count). The van der Waals surface area contributed by atoms with Crippen LogP contribution >= 0.6 is 0 Å². The third-order valence-electron chi connectivity index (χ3n) is 1.73. The number of ether oxygens (including phenoxy) is 1. The molecular formula is C12H14FO. The van der Waals surface area contributed by atoms with E-state index in [0.717, 1.165) is 12.8 Å². The molecule has 0 bridgehead atoms. The summed E-state index contributed by atoms with van der Waals surface area (Å²) in [5.41, 5.74) is 0. The average molecular weight is 193 g/mol. The lowest BCUT2D eigenvalue weighted by Crippen LogP contribution is -1.95. The lowest BCUT2D eigenvalue weighted by atomic mass is 10.3. The molecule has 0 heterocycles. The van der Waals surface area contributed by atoms with Gasteiger partial charge >= 0.3 is 0 Å². The molecule has 0 aliphatic rings. The first-order valence-corrected chi connectivity index (χ1v) is 4.78. The average Bonchev–Trinajstić information content (AvgIpc) is 2.20. The molecule has 0 aliphatic carbocycles. The molecule has 0 atom stereocenters. The van der Waals surface area contributed by atoms with E-state index in [0.29, 0.717) is 6.61 Å². The molecule has 0 unspecified atom stereocenters. The van der Waals surface area contributed by atoms with Crippen molar-refractivity contribution in [2.24, 2.45) is 0 Å². The van der Waals surface area contributed by atoms with Crippen molar-refractivity contribution in [2.75, 3.05) is 6.61 Å². The molecule has 1 radical (unpaired) electrons. The van der Waals surface area contributed by atoms with Crippen molar-refractivity contribution in [3.05, 3.63) is 42.2 Å². The molecule has 2 heteroatoms. The zero-order valence-corrected chi connectivity index (χ0v) is 8.29. The molecule has 0 spiro atoms. The fourth-order valence-electron chi connectivity index (χ4n) is 1.00. The van der Waals surface area contributed by atoms with Gasteiger partial charge in [-0.2, -0.15) is 0 Å². The lowest BCUT2D eigenvalue weighted by molar-refractivity contribution is 0.341. The van der Waals surface area contributed by atoms with E-state index in [9.17, 15) is 4.39 Å². The minimum atomic E-state index is -0.434. The normalized spacial score (nSPS) is 10.7. The summed E-state index contributed by atoms with van der Waals surface area (Å²) in [4.78, 5) is 0. The highest BCUT2D eigenvalue weighted by Gasteiger charge is 1.98. The first-order valence-electron chi connectivity index (χ1n) is 4.78. The summed E-state index contributed by atoms with van der Waals surface area (Å²) >= 11 is 0. The highest BCUT2D eigenvalue weighted by molar-refractivity contribution is 5.22. The number of hydrogen-bond acceptors (Lipinski definition) is 1. The van der Waals surface area contributed by atoms with Crippen LogP contribution in [0, 0.1) is 11.9 Å². The maximum Gasteiger partial charge on any atom is 0.172 e. The highest BCUT2D eigenvalue weighted by atomic mass is 19.1. The maximum atomic E-state index is 13.0. The minimum absolute atomic E-state index is 0.258. The van der Waals surface area contributed by atoms with E-state index >= 15 is 0 Å². The second-order valence-electron chi connectivity index (χ2n) is 2.92. The van der Waals surface area contributed by atoms with Crippen molar-refractivity contribution in [1.29, 1.82) is 0 Å². The van der Waals surface area contributed by atoms with E-state index in [2.05, 4.69) is 13.0 Å². The summed E-state index contributed by atoms with van der Waals surface area (Å²) in [6.45, 7) is 2.52. The second kappa shape index (κ2) is 6.19. The number of unbranched alkanes of at least 4 members (excludes halogenated alkanes) is 1. The summed E-state index contributed by atoms with van der Waals surface area (Å²) in [5.74, 6) is -0.176. The number of rotatable bonds is 5. The van der Waals surface area contributed by atoms with Crippen molar-refractivity contribution in [2.45, 2.75) is 19.8 Å². The fourth-order valence-corrected chi connectivity index (χ4v) is 1.00. The van der Waals surface area contributed by atoms with E-state index in [4.69, 9.17) is 4.74 Å². The van der Waals surface area contributed by atoms with E-state index in [1.807, 2.05) is 12.2 Å². The van der Waals surface area contributed by atoms with Crippen LogP contribution in [0.25, 0.3) is 0 Å². The molecule has 1 nitrogen and oxygen atoms in total. The Labute approximate surface area is 84.2 Å². The molecular weight excluding hydrogens is 179 g/mol. The van der Waals surface area contributed by atoms with Gasteiger partial charge in [0, 0.05) is 6.07 Å². The molecule has 0 N–H and O–H groups in total. The fraction of sp³-hybridized carbons (Fsp3) is 0.333. The van der Waals surface area contributed by atoms with Crippen molar-refractivity contribution in [1.82, 2.24) is 0 Å². The lowest BCUT2D eigenvalue weighted by Gasteiger charge is -2.02. The Bertz CT molecular complexity index is 294. The van der Waals surface area contributed by atoms with Gasteiger partial charge in [-0.15, -0.1) is 0 Å². The quantitative estimate of drug-likeness (QED) is 0.651. The zero-order chi connectivity index (χ0) is 10.2. The predicted molar refractivity (Wildman–Crippen MR) is 54.8 cm³/mol. The Morgan fingerprint density at radius 2 is 2.36 bits per heavy atom. The summed E-state index contributed by atoms with van der Waals surface area (Å²) in [6, 6.07) is 7.26. The van der Waals surface area contributed by atoms with Crippen LogP contribution in [0.3, 0.4) is 0 Å². The second-order valence-corrected chi connectivity index (χ2v) is 2.92. The Kier molecular flexibility index (Phi) is 4.76. The van der Waals surface area contributed by atoms with Gasteiger partial charge in [0.25, 0.3) is 0 Å². The van der Waals surface area contributed by atoms with Crippen LogP contribution in [-0.4, -0.2) is 6.61 Å². The number of hydrogen-bond donors (Lipinski definition) is 0. The van der Waals surface area contributed by atoms with Gasteiger partial charge in [-0.1, -0.05) is 37.6 Å². The van der Waals surface area contributed by atoms with E-state index < -0.39 is 5.82 Å². The summed E-state index contributed by atoms with van der Waals surface area (Å²) in [7, 11) is 0. The van der Waals surface area contributed by atoms with Crippen molar-refractivity contribution < 1.29 is 9.13 Å². The van der Waals surface area contributed by atoms with Gasteiger partial charge in [-0.3, -0.25) is 0 Å². The maximum absolute atomic E-state index is 13.0. The first kappa shape index (κ1) is 10.8. The smallest absolute Gasteiger partial charge is 0.172 e. The van der Waals surface area contributed by atoms with Crippen molar-refractivity contribution in [3.8, 4) is 5.75 Å². The monoisotopic (exact) mass is 193 g/mol. The summed E-state index contributed by atoms with van der Waals surface area (Å²) in [6.07, 6.45) is 6.08. The van der Waals surface area contributed by atoms with Crippen molar-refractivity contribution >= 4 is 0 Å². The largest absolute Gasteiger partial charge is 0.486 e. The third-order valence-corrected chi connectivity index (χ3v) is 1.73. The van der Waals surface area contributed by atoms with Gasteiger partial charge in [-0.25, -0.2) is 4.39 Å². The molecule has 1 aromatic carbocycles. The summed E-state index contributed by atoms with van der Waals surface area (Å²) < 4.78 is 18.2. The van der Waals surface area contributed by atoms with Crippen LogP contribution in [0.4, 0.5) is 4.39 Å². The van der Waals surface area contributed by atoms with Crippen molar-refractivity contribution in [3.63, 3.8) is 0 Å². The van der Waals surface area contributed by atoms with Crippen LogP contribution in [0.2, 0.25) is 0 Å². The SMILES string of the molecule is CCC/C=C/COc1ccc[c]c1F. The molecule has 0 aliphatic heterocycles. The molecule has 0 fully saturated rings.